The molecule has 0 spiro atoms. The van der Waals surface area contributed by atoms with E-state index in [1.54, 1.807) is 12.1 Å². The van der Waals surface area contributed by atoms with Gasteiger partial charge in [0.15, 0.2) is 0 Å². The normalized spacial score (nSPS) is 10.8. The Balaban J connectivity index is 2.88. The van der Waals surface area contributed by atoms with Gasteiger partial charge < -0.3 is 14.6 Å². The van der Waals surface area contributed by atoms with Crippen molar-refractivity contribution in [1.82, 2.24) is 0 Å². The van der Waals surface area contributed by atoms with Crippen LogP contribution in [0.4, 0.5) is 0 Å². The molecule has 0 unspecified atom stereocenters. The maximum atomic E-state index is 9.28. The SMILES string of the molecule is Cc1ccc2oc(O)c(O)c2c1. The Morgan fingerprint density at radius 3 is 2.75 bits per heavy atom. The van der Waals surface area contributed by atoms with Crippen LogP contribution in [0.3, 0.4) is 0 Å². The van der Waals surface area contributed by atoms with E-state index in [0.29, 0.717) is 11.0 Å². The summed E-state index contributed by atoms with van der Waals surface area (Å²) in [6, 6.07) is 5.32. The van der Waals surface area contributed by atoms with Gasteiger partial charge in [0, 0.05) is 0 Å². The summed E-state index contributed by atoms with van der Waals surface area (Å²) in [6.45, 7) is 1.91. The zero-order valence-corrected chi connectivity index (χ0v) is 6.53. The predicted molar refractivity (Wildman–Crippen MR) is 44.3 cm³/mol. The monoisotopic (exact) mass is 164 g/mol. The van der Waals surface area contributed by atoms with Gasteiger partial charge in [-0.2, -0.15) is 0 Å². The number of rotatable bonds is 0. The highest BCUT2D eigenvalue weighted by Gasteiger charge is 2.10. The first-order chi connectivity index (χ1) is 5.68. The van der Waals surface area contributed by atoms with E-state index in [1.165, 1.54) is 0 Å². The average molecular weight is 164 g/mol. The molecule has 2 rings (SSSR count). The molecule has 0 atom stereocenters. The van der Waals surface area contributed by atoms with Gasteiger partial charge in [0.2, 0.25) is 5.75 Å². The van der Waals surface area contributed by atoms with E-state index in [1.807, 2.05) is 13.0 Å². The molecule has 0 amide bonds. The van der Waals surface area contributed by atoms with E-state index in [0.717, 1.165) is 5.56 Å². The highest BCUT2D eigenvalue weighted by Crippen LogP contribution is 2.36. The van der Waals surface area contributed by atoms with Gasteiger partial charge in [-0.3, -0.25) is 0 Å². The molecule has 2 N–H and O–H groups in total. The van der Waals surface area contributed by atoms with Crippen molar-refractivity contribution in [2.24, 2.45) is 0 Å². The van der Waals surface area contributed by atoms with E-state index in [-0.39, 0.29) is 5.75 Å². The fourth-order valence-electron chi connectivity index (χ4n) is 1.19. The molecule has 3 nitrogen and oxygen atoms in total. The molecule has 0 aliphatic carbocycles. The molecule has 12 heavy (non-hydrogen) atoms. The van der Waals surface area contributed by atoms with E-state index >= 15 is 0 Å². The first-order valence-corrected chi connectivity index (χ1v) is 3.59. The van der Waals surface area contributed by atoms with Gasteiger partial charge in [0.1, 0.15) is 5.58 Å². The summed E-state index contributed by atoms with van der Waals surface area (Å²) in [5.41, 5.74) is 1.51. The van der Waals surface area contributed by atoms with Crippen LogP contribution in [0.25, 0.3) is 11.0 Å². The molecular weight excluding hydrogens is 156 g/mol. The molecule has 1 aromatic heterocycles. The number of aryl methyl sites for hydroxylation is 1. The number of hydrogen-bond donors (Lipinski definition) is 2. The highest BCUT2D eigenvalue weighted by atomic mass is 16.5. The second-order valence-electron chi connectivity index (χ2n) is 2.76. The first kappa shape index (κ1) is 7.03. The summed E-state index contributed by atoms with van der Waals surface area (Å²) >= 11 is 0. The van der Waals surface area contributed by atoms with E-state index in [2.05, 4.69) is 0 Å². The Labute approximate surface area is 68.9 Å². The lowest BCUT2D eigenvalue weighted by molar-refractivity contribution is 0.316. The molecule has 0 aliphatic heterocycles. The van der Waals surface area contributed by atoms with Crippen molar-refractivity contribution in [1.29, 1.82) is 0 Å². The Morgan fingerprint density at radius 1 is 1.25 bits per heavy atom. The fraction of sp³-hybridized carbons (Fsp3) is 0.111. The molecule has 0 aliphatic rings. The Kier molecular flexibility index (Phi) is 1.27. The summed E-state index contributed by atoms with van der Waals surface area (Å²) in [5.74, 6) is -0.607. The van der Waals surface area contributed by atoms with Crippen molar-refractivity contribution in [2.45, 2.75) is 6.92 Å². The van der Waals surface area contributed by atoms with Crippen LogP contribution >= 0.6 is 0 Å². The Morgan fingerprint density at radius 2 is 2.00 bits per heavy atom. The molecule has 1 heterocycles. The lowest BCUT2D eigenvalue weighted by atomic mass is 10.2. The first-order valence-electron chi connectivity index (χ1n) is 3.59. The van der Waals surface area contributed by atoms with Crippen LogP contribution in [0.2, 0.25) is 0 Å². The third-order valence-corrected chi connectivity index (χ3v) is 1.80. The second kappa shape index (κ2) is 2.17. The van der Waals surface area contributed by atoms with Gasteiger partial charge in [0.05, 0.1) is 5.39 Å². The zero-order valence-electron chi connectivity index (χ0n) is 6.53. The maximum absolute atomic E-state index is 9.28. The maximum Gasteiger partial charge on any atom is 0.327 e. The Bertz CT molecular complexity index is 429. The molecular formula is C9H8O3. The highest BCUT2D eigenvalue weighted by molar-refractivity contribution is 5.86. The number of hydrogen-bond acceptors (Lipinski definition) is 3. The standard InChI is InChI=1S/C9H8O3/c1-5-2-3-7-6(4-5)8(10)9(11)12-7/h2-4,10-11H,1H3. The Hall–Kier alpha value is -1.64. The van der Waals surface area contributed by atoms with Crippen LogP contribution in [-0.2, 0) is 0 Å². The lowest BCUT2D eigenvalue weighted by Gasteiger charge is -1.90. The van der Waals surface area contributed by atoms with Gasteiger partial charge in [0.25, 0.3) is 0 Å². The fourth-order valence-corrected chi connectivity index (χ4v) is 1.19. The molecule has 0 radical (unpaired) electrons. The minimum atomic E-state index is -0.421. The zero-order chi connectivity index (χ0) is 8.72. The smallest absolute Gasteiger partial charge is 0.327 e. The second-order valence-corrected chi connectivity index (χ2v) is 2.76. The van der Waals surface area contributed by atoms with E-state index in [9.17, 15) is 5.11 Å². The molecule has 1 aromatic carbocycles. The van der Waals surface area contributed by atoms with Crippen molar-refractivity contribution in [3.63, 3.8) is 0 Å². The number of aromatic hydroxyl groups is 2. The topological polar surface area (TPSA) is 53.6 Å². The summed E-state index contributed by atoms with van der Waals surface area (Å²) in [7, 11) is 0. The van der Waals surface area contributed by atoms with Crippen molar-refractivity contribution in [3.05, 3.63) is 23.8 Å². The summed E-state index contributed by atoms with van der Waals surface area (Å²) in [4.78, 5) is 0. The molecule has 3 heteroatoms. The quantitative estimate of drug-likeness (QED) is 0.627. The summed E-state index contributed by atoms with van der Waals surface area (Å²) in [6.07, 6.45) is 0. The van der Waals surface area contributed by atoms with Crippen molar-refractivity contribution in [3.8, 4) is 11.7 Å². The lowest BCUT2D eigenvalue weighted by Crippen LogP contribution is -1.69. The van der Waals surface area contributed by atoms with Gasteiger partial charge >= 0.3 is 5.95 Å². The number of fused-ring (bicyclic) bond motifs is 1. The minimum absolute atomic E-state index is 0.186. The van der Waals surface area contributed by atoms with Gasteiger partial charge in [-0.05, 0) is 19.1 Å². The third kappa shape index (κ3) is 0.830. The minimum Gasteiger partial charge on any atom is -0.501 e. The van der Waals surface area contributed by atoms with Gasteiger partial charge in [-0.1, -0.05) is 11.6 Å². The van der Waals surface area contributed by atoms with Crippen molar-refractivity contribution < 1.29 is 14.6 Å². The van der Waals surface area contributed by atoms with Gasteiger partial charge in [-0.15, -0.1) is 0 Å². The number of benzene rings is 1. The van der Waals surface area contributed by atoms with E-state index < -0.39 is 5.95 Å². The molecule has 0 fully saturated rings. The third-order valence-electron chi connectivity index (χ3n) is 1.80. The molecule has 0 bridgehead atoms. The number of furan rings is 1. The predicted octanol–water partition coefficient (Wildman–Crippen LogP) is 2.15. The van der Waals surface area contributed by atoms with Crippen LogP contribution < -0.4 is 0 Å². The van der Waals surface area contributed by atoms with Crippen LogP contribution in [0.1, 0.15) is 5.56 Å². The van der Waals surface area contributed by atoms with Crippen molar-refractivity contribution in [2.75, 3.05) is 0 Å². The molecule has 2 aromatic rings. The molecule has 62 valence electrons. The van der Waals surface area contributed by atoms with Crippen LogP contribution in [0, 0.1) is 6.92 Å². The average Bonchev–Trinajstić information content (AvgIpc) is 2.31. The molecule has 0 saturated carbocycles. The summed E-state index contributed by atoms with van der Waals surface area (Å²) < 4.78 is 4.86. The summed E-state index contributed by atoms with van der Waals surface area (Å²) in [5, 5.41) is 18.8. The van der Waals surface area contributed by atoms with Gasteiger partial charge in [-0.25, -0.2) is 0 Å². The van der Waals surface area contributed by atoms with Crippen LogP contribution in [-0.4, -0.2) is 10.2 Å². The van der Waals surface area contributed by atoms with Crippen LogP contribution in [0.5, 0.6) is 11.7 Å². The van der Waals surface area contributed by atoms with Crippen molar-refractivity contribution >= 4 is 11.0 Å². The largest absolute Gasteiger partial charge is 0.501 e. The molecule has 0 saturated heterocycles. The van der Waals surface area contributed by atoms with Crippen LogP contribution in [0.15, 0.2) is 22.6 Å². The van der Waals surface area contributed by atoms with E-state index in [4.69, 9.17) is 9.52 Å².